The Hall–Kier alpha value is -1.03. The van der Waals surface area contributed by atoms with Crippen LogP contribution in [0.5, 0.6) is 0 Å². The lowest BCUT2D eigenvalue weighted by Gasteiger charge is -2.14. The van der Waals surface area contributed by atoms with Gasteiger partial charge in [-0.25, -0.2) is 0 Å². The van der Waals surface area contributed by atoms with Gasteiger partial charge in [-0.1, -0.05) is 13.0 Å². The van der Waals surface area contributed by atoms with Crippen LogP contribution < -0.4 is 10.6 Å². The molecule has 1 saturated heterocycles. The van der Waals surface area contributed by atoms with Gasteiger partial charge in [0.1, 0.15) is 0 Å². The summed E-state index contributed by atoms with van der Waals surface area (Å²) >= 11 is 0. The van der Waals surface area contributed by atoms with E-state index < -0.39 is 0 Å². The summed E-state index contributed by atoms with van der Waals surface area (Å²) in [4.78, 5) is 7.19. The van der Waals surface area contributed by atoms with E-state index in [0.29, 0.717) is 0 Å². The van der Waals surface area contributed by atoms with Crippen molar-refractivity contribution in [1.82, 2.24) is 15.5 Å². The van der Waals surface area contributed by atoms with Crippen LogP contribution in [-0.4, -0.2) is 50.1 Å². The van der Waals surface area contributed by atoms with Crippen LogP contribution in [0.4, 0.5) is 0 Å². The first-order valence-electron chi connectivity index (χ1n) is 7.15. The van der Waals surface area contributed by atoms with E-state index >= 15 is 0 Å². The summed E-state index contributed by atoms with van der Waals surface area (Å²) in [6.45, 7) is 14.3. The van der Waals surface area contributed by atoms with Crippen molar-refractivity contribution in [2.75, 3.05) is 39.3 Å². The molecule has 104 valence electrons. The average molecular weight is 252 g/mol. The highest BCUT2D eigenvalue weighted by Crippen LogP contribution is 2.16. The Morgan fingerprint density at radius 1 is 1.44 bits per heavy atom. The lowest BCUT2D eigenvalue weighted by molar-refractivity contribution is 0.326. The SMILES string of the molecule is C=CCNC(=NCC1CCN(CCC)C1)NCC. The summed E-state index contributed by atoms with van der Waals surface area (Å²) in [5, 5.41) is 6.49. The predicted molar refractivity (Wildman–Crippen MR) is 79.0 cm³/mol. The second-order valence-corrected chi connectivity index (χ2v) is 4.84. The van der Waals surface area contributed by atoms with Crippen molar-refractivity contribution >= 4 is 5.96 Å². The molecule has 18 heavy (non-hydrogen) atoms. The first-order valence-corrected chi connectivity index (χ1v) is 7.15. The fourth-order valence-electron chi connectivity index (χ4n) is 2.31. The van der Waals surface area contributed by atoms with E-state index in [9.17, 15) is 0 Å². The summed E-state index contributed by atoms with van der Waals surface area (Å²) < 4.78 is 0. The predicted octanol–water partition coefficient (Wildman–Crippen LogP) is 1.46. The van der Waals surface area contributed by atoms with Crippen LogP contribution in [0.2, 0.25) is 0 Å². The molecular formula is C14H28N4. The third kappa shape index (κ3) is 5.54. The molecule has 4 heteroatoms. The van der Waals surface area contributed by atoms with E-state index in [0.717, 1.165) is 31.5 Å². The monoisotopic (exact) mass is 252 g/mol. The molecule has 0 aromatic rings. The van der Waals surface area contributed by atoms with Gasteiger partial charge in [-0.2, -0.15) is 0 Å². The third-order valence-corrected chi connectivity index (χ3v) is 3.18. The number of nitrogens with zero attached hydrogens (tertiary/aromatic N) is 2. The highest BCUT2D eigenvalue weighted by atomic mass is 15.2. The van der Waals surface area contributed by atoms with Gasteiger partial charge in [-0.05, 0) is 38.8 Å². The maximum atomic E-state index is 4.65. The zero-order valence-electron chi connectivity index (χ0n) is 11.9. The number of hydrogen-bond acceptors (Lipinski definition) is 2. The van der Waals surface area contributed by atoms with Crippen LogP contribution in [0, 0.1) is 5.92 Å². The molecule has 0 bridgehead atoms. The second kappa shape index (κ2) is 8.97. The molecule has 2 N–H and O–H groups in total. The largest absolute Gasteiger partial charge is 0.357 e. The lowest BCUT2D eigenvalue weighted by atomic mass is 10.1. The molecule has 1 unspecified atom stereocenters. The molecule has 1 fully saturated rings. The highest BCUT2D eigenvalue weighted by Gasteiger charge is 2.21. The number of nitrogens with one attached hydrogen (secondary N) is 2. The van der Waals surface area contributed by atoms with Gasteiger partial charge in [0.2, 0.25) is 0 Å². The van der Waals surface area contributed by atoms with Crippen LogP contribution in [0.3, 0.4) is 0 Å². The van der Waals surface area contributed by atoms with Crippen LogP contribution in [0.15, 0.2) is 17.6 Å². The quantitative estimate of drug-likeness (QED) is 0.409. The van der Waals surface area contributed by atoms with Crippen molar-refractivity contribution in [1.29, 1.82) is 0 Å². The van der Waals surface area contributed by atoms with Gasteiger partial charge in [-0.3, -0.25) is 4.99 Å². The molecule has 0 aromatic heterocycles. The fourth-order valence-corrected chi connectivity index (χ4v) is 2.31. The molecule has 0 radical (unpaired) electrons. The summed E-state index contributed by atoms with van der Waals surface area (Å²) in [7, 11) is 0. The first kappa shape index (κ1) is 15.0. The van der Waals surface area contributed by atoms with Gasteiger partial charge in [-0.15, -0.1) is 6.58 Å². The molecule has 0 spiro atoms. The van der Waals surface area contributed by atoms with E-state index in [1.54, 1.807) is 0 Å². The van der Waals surface area contributed by atoms with Crippen LogP contribution in [0.1, 0.15) is 26.7 Å². The third-order valence-electron chi connectivity index (χ3n) is 3.18. The van der Waals surface area contributed by atoms with Gasteiger partial charge < -0.3 is 15.5 Å². The summed E-state index contributed by atoms with van der Waals surface area (Å²) in [6, 6.07) is 0. The number of rotatable bonds is 7. The maximum Gasteiger partial charge on any atom is 0.191 e. The Balaban J connectivity index is 2.33. The van der Waals surface area contributed by atoms with Gasteiger partial charge in [0.15, 0.2) is 5.96 Å². The Morgan fingerprint density at radius 3 is 2.94 bits per heavy atom. The second-order valence-electron chi connectivity index (χ2n) is 4.84. The van der Waals surface area contributed by atoms with Crippen molar-refractivity contribution in [3.63, 3.8) is 0 Å². The molecular weight excluding hydrogens is 224 g/mol. The van der Waals surface area contributed by atoms with E-state index in [1.165, 1.54) is 32.5 Å². The van der Waals surface area contributed by atoms with Gasteiger partial charge in [0, 0.05) is 26.2 Å². The molecule has 0 amide bonds. The van der Waals surface area contributed by atoms with E-state index in [-0.39, 0.29) is 0 Å². The van der Waals surface area contributed by atoms with Crippen molar-refractivity contribution in [3.8, 4) is 0 Å². The van der Waals surface area contributed by atoms with Crippen molar-refractivity contribution in [2.45, 2.75) is 26.7 Å². The summed E-state index contributed by atoms with van der Waals surface area (Å²) in [5.41, 5.74) is 0. The summed E-state index contributed by atoms with van der Waals surface area (Å²) in [5.74, 6) is 1.63. The maximum absolute atomic E-state index is 4.65. The zero-order valence-corrected chi connectivity index (χ0v) is 11.9. The minimum absolute atomic E-state index is 0.718. The average Bonchev–Trinajstić information content (AvgIpc) is 2.81. The minimum atomic E-state index is 0.718. The van der Waals surface area contributed by atoms with Crippen LogP contribution >= 0.6 is 0 Å². The minimum Gasteiger partial charge on any atom is -0.357 e. The highest BCUT2D eigenvalue weighted by molar-refractivity contribution is 5.79. The molecule has 1 atom stereocenters. The topological polar surface area (TPSA) is 39.7 Å². The smallest absolute Gasteiger partial charge is 0.191 e. The molecule has 1 aliphatic rings. The van der Waals surface area contributed by atoms with Gasteiger partial charge in [0.05, 0.1) is 0 Å². The molecule has 1 aliphatic heterocycles. The summed E-state index contributed by atoms with van der Waals surface area (Å²) in [6.07, 6.45) is 4.38. The number of aliphatic imine (C=N–C) groups is 1. The van der Waals surface area contributed by atoms with Crippen molar-refractivity contribution < 1.29 is 0 Å². The molecule has 0 saturated carbocycles. The molecule has 4 nitrogen and oxygen atoms in total. The molecule has 1 rings (SSSR count). The van der Waals surface area contributed by atoms with Crippen molar-refractivity contribution in [3.05, 3.63) is 12.7 Å². The fraction of sp³-hybridized carbons (Fsp3) is 0.786. The Labute approximate surface area is 112 Å². The Morgan fingerprint density at radius 2 is 2.28 bits per heavy atom. The van der Waals surface area contributed by atoms with E-state index in [2.05, 4.69) is 41.0 Å². The Bertz CT molecular complexity index is 263. The lowest BCUT2D eigenvalue weighted by Crippen LogP contribution is -2.37. The molecule has 0 aliphatic carbocycles. The first-order chi connectivity index (χ1) is 8.80. The van der Waals surface area contributed by atoms with E-state index in [1.807, 2.05) is 6.08 Å². The zero-order chi connectivity index (χ0) is 13.2. The standard InChI is InChI=1S/C14H28N4/c1-4-8-16-14(15-6-3)17-11-13-7-10-18(12-13)9-5-2/h4,13H,1,5-12H2,2-3H3,(H2,15,16,17). The van der Waals surface area contributed by atoms with Gasteiger partial charge in [0.25, 0.3) is 0 Å². The van der Waals surface area contributed by atoms with E-state index in [4.69, 9.17) is 0 Å². The molecule has 1 heterocycles. The van der Waals surface area contributed by atoms with Crippen LogP contribution in [-0.2, 0) is 0 Å². The Kier molecular flexibility index (Phi) is 7.49. The van der Waals surface area contributed by atoms with Crippen LogP contribution in [0.25, 0.3) is 0 Å². The number of guanidine groups is 1. The van der Waals surface area contributed by atoms with Crippen molar-refractivity contribution in [2.24, 2.45) is 10.9 Å². The number of hydrogen-bond donors (Lipinski definition) is 2. The van der Waals surface area contributed by atoms with Gasteiger partial charge >= 0.3 is 0 Å². The molecule has 0 aromatic carbocycles. The normalized spacial score (nSPS) is 21.0. The number of likely N-dealkylation sites (tertiary alicyclic amines) is 1.